The summed E-state index contributed by atoms with van der Waals surface area (Å²) < 4.78 is 38.6. The maximum absolute atomic E-state index is 13.2. The van der Waals surface area contributed by atoms with Gasteiger partial charge in [-0.05, 0) is 63.9 Å². The number of hydrogen-bond acceptors (Lipinski definition) is 8. The number of methoxy groups -OCH3 is 1. The van der Waals surface area contributed by atoms with E-state index in [2.05, 4.69) is 25.1 Å². The Morgan fingerprint density at radius 1 is 1.24 bits per heavy atom. The lowest BCUT2D eigenvalue weighted by atomic mass is 9.97. The first-order valence-electron chi connectivity index (χ1n) is 12.3. The first-order chi connectivity index (χ1) is 17.7. The summed E-state index contributed by atoms with van der Waals surface area (Å²) in [6.07, 6.45) is 1.55. The average Bonchev–Trinajstić information content (AvgIpc) is 3.31. The van der Waals surface area contributed by atoms with Crippen LogP contribution in [0.4, 0.5) is 5.69 Å². The van der Waals surface area contributed by atoms with Crippen LogP contribution in [0.2, 0.25) is 0 Å². The molecule has 0 saturated carbocycles. The maximum atomic E-state index is 13.2. The van der Waals surface area contributed by atoms with Crippen molar-refractivity contribution in [1.29, 1.82) is 0 Å². The van der Waals surface area contributed by atoms with Gasteiger partial charge in [0.05, 0.1) is 30.2 Å². The number of piperidine rings is 1. The van der Waals surface area contributed by atoms with E-state index in [1.807, 2.05) is 31.2 Å². The number of nitrogens with zero attached hydrogens (tertiary/aromatic N) is 3. The summed E-state index contributed by atoms with van der Waals surface area (Å²) in [6.45, 7) is 7.26. The molecule has 0 spiro atoms. The minimum Gasteiger partial charge on any atom is -0.495 e. The number of anilines is 1. The van der Waals surface area contributed by atoms with Gasteiger partial charge in [-0.15, -0.1) is 0 Å². The molecule has 1 aliphatic heterocycles. The SMILES string of the molecule is COc1ccc(S(=O)(=O)NC(C)C)cc1NC(=O)C1CCCN(Cc2nc(-c3ccccc3C)no2)C1. The van der Waals surface area contributed by atoms with E-state index >= 15 is 0 Å². The molecule has 0 aliphatic carbocycles. The number of likely N-dealkylation sites (tertiary alicyclic amines) is 1. The molecule has 10 nitrogen and oxygen atoms in total. The molecule has 1 amide bonds. The molecule has 1 atom stereocenters. The van der Waals surface area contributed by atoms with Crippen molar-refractivity contribution >= 4 is 21.6 Å². The fraction of sp³-hybridized carbons (Fsp3) is 0.423. The number of benzene rings is 2. The van der Waals surface area contributed by atoms with Crippen LogP contribution in [0, 0.1) is 12.8 Å². The lowest BCUT2D eigenvalue weighted by molar-refractivity contribution is -0.121. The van der Waals surface area contributed by atoms with Crippen molar-refractivity contribution in [2.45, 2.75) is 51.1 Å². The molecule has 4 rings (SSSR count). The van der Waals surface area contributed by atoms with E-state index in [-0.39, 0.29) is 22.8 Å². The van der Waals surface area contributed by atoms with Crippen LogP contribution < -0.4 is 14.8 Å². The molecule has 2 N–H and O–H groups in total. The van der Waals surface area contributed by atoms with E-state index in [0.29, 0.717) is 36.2 Å². The molecule has 2 heterocycles. The number of rotatable bonds is 9. The highest BCUT2D eigenvalue weighted by Crippen LogP contribution is 2.29. The highest BCUT2D eigenvalue weighted by molar-refractivity contribution is 7.89. The topological polar surface area (TPSA) is 127 Å². The highest BCUT2D eigenvalue weighted by Gasteiger charge is 2.28. The summed E-state index contributed by atoms with van der Waals surface area (Å²) in [4.78, 5) is 19.9. The van der Waals surface area contributed by atoms with Gasteiger partial charge >= 0.3 is 0 Å². The van der Waals surface area contributed by atoms with Crippen molar-refractivity contribution in [2.24, 2.45) is 5.92 Å². The Hall–Kier alpha value is -3.28. The van der Waals surface area contributed by atoms with Crippen LogP contribution in [0.3, 0.4) is 0 Å². The zero-order valence-electron chi connectivity index (χ0n) is 21.5. The molecule has 1 aromatic heterocycles. The molecule has 0 radical (unpaired) electrons. The van der Waals surface area contributed by atoms with Gasteiger partial charge in [0, 0.05) is 18.2 Å². The molecule has 2 aromatic carbocycles. The molecule has 1 aliphatic rings. The largest absolute Gasteiger partial charge is 0.495 e. The fourth-order valence-corrected chi connectivity index (χ4v) is 5.70. The zero-order valence-corrected chi connectivity index (χ0v) is 22.3. The van der Waals surface area contributed by atoms with Crippen molar-refractivity contribution in [1.82, 2.24) is 19.8 Å². The molecule has 11 heteroatoms. The van der Waals surface area contributed by atoms with Gasteiger partial charge in [0.1, 0.15) is 5.75 Å². The van der Waals surface area contributed by atoms with Gasteiger partial charge in [-0.1, -0.05) is 29.4 Å². The van der Waals surface area contributed by atoms with Crippen LogP contribution in [-0.4, -0.2) is 55.6 Å². The molecule has 198 valence electrons. The summed E-state index contributed by atoms with van der Waals surface area (Å²) in [5.74, 6) is 0.954. The number of aryl methyl sites for hydroxylation is 1. The van der Waals surface area contributed by atoms with Crippen LogP contribution in [0.5, 0.6) is 5.75 Å². The standard InChI is InChI=1S/C26H33N5O5S/c1-17(2)30-37(33,34)20-11-12-23(35-4)22(14-20)27-26(32)19-9-7-13-31(15-19)16-24-28-25(29-36-24)21-10-6-5-8-18(21)3/h5-6,8,10-12,14,17,19,30H,7,9,13,15-16H2,1-4H3,(H,27,32). The number of carbonyl (C=O) groups is 1. The number of aromatic nitrogens is 2. The number of sulfonamides is 1. The Morgan fingerprint density at radius 3 is 2.76 bits per heavy atom. The predicted molar refractivity (Wildman–Crippen MR) is 140 cm³/mol. The highest BCUT2D eigenvalue weighted by atomic mass is 32.2. The third-order valence-electron chi connectivity index (χ3n) is 6.22. The number of nitrogens with one attached hydrogen (secondary N) is 2. The Balaban J connectivity index is 1.43. The Kier molecular flexibility index (Phi) is 8.25. The quantitative estimate of drug-likeness (QED) is 0.432. The average molecular weight is 528 g/mol. The second-order valence-corrected chi connectivity index (χ2v) is 11.2. The van der Waals surface area contributed by atoms with Crippen LogP contribution in [0.1, 0.15) is 38.1 Å². The lowest BCUT2D eigenvalue weighted by Gasteiger charge is -2.31. The van der Waals surface area contributed by atoms with Gasteiger partial charge in [0.15, 0.2) is 0 Å². The van der Waals surface area contributed by atoms with Gasteiger partial charge in [-0.3, -0.25) is 9.69 Å². The molecular weight excluding hydrogens is 494 g/mol. The van der Waals surface area contributed by atoms with Gasteiger partial charge in [-0.25, -0.2) is 13.1 Å². The van der Waals surface area contributed by atoms with Crippen molar-refractivity contribution in [3.05, 3.63) is 53.9 Å². The Morgan fingerprint density at radius 2 is 2.03 bits per heavy atom. The molecule has 37 heavy (non-hydrogen) atoms. The molecule has 1 saturated heterocycles. The summed E-state index contributed by atoms with van der Waals surface area (Å²) >= 11 is 0. The second-order valence-electron chi connectivity index (χ2n) is 9.53. The molecule has 1 unspecified atom stereocenters. The molecular formula is C26H33N5O5S. The number of amides is 1. The minimum absolute atomic E-state index is 0.0587. The van der Waals surface area contributed by atoms with E-state index in [9.17, 15) is 13.2 Å². The van der Waals surface area contributed by atoms with E-state index < -0.39 is 10.0 Å². The number of hydrogen-bond donors (Lipinski definition) is 2. The summed E-state index contributed by atoms with van der Waals surface area (Å²) in [5, 5.41) is 7.01. The Bertz CT molecular complexity index is 1350. The van der Waals surface area contributed by atoms with E-state index in [1.54, 1.807) is 19.9 Å². The summed E-state index contributed by atoms with van der Waals surface area (Å²) in [5.41, 5.74) is 2.31. The first-order valence-corrected chi connectivity index (χ1v) is 13.8. The zero-order chi connectivity index (χ0) is 26.6. The van der Waals surface area contributed by atoms with Crippen molar-refractivity contribution in [3.8, 4) is 17.1 Å². The van der Waals surface area contributed by atoms with Gasteiger partial charge in [0.25, 0.3) is 0 Å². The lowest BCUT2D eigenvalue weighted by Crippen LogP contribution is -2.40. The van der Waals surface area contributed by atoms with Gasteiger partial charge in [-0.2, -0.15) is 4.98 Å². The second kappa shape index (κ2) is 11.4. The summed E-state index contributed by atoms with van der Waals surface area (Å²) in [7, 11) is -2.24. The first kappa shape index (κ1) is 26.8. The van der Waals surface area contributed by atoms with Crippen LogP contribution in [-0.2, 0) is 21.4 Å². The molecule has 1 fully saturated rings. The molecule has 0 bridgehead atoms. The third kappa shape index (κ3) is 6.54. The smallest absolute Gasteiger partial charge is 0.241 e. The van der Waals surface area contributed by atoms with Crippen molar-refractivity contribution in [3.63, 3.8) is 0 Å². The van der Waals surface area contributed by atoms with Crippen LogP contribution >= 0.6 is 0 Å². The maximum Gasteiger partial charge on any atom is 0.241 e. The predicted octanol–water partition coefficient (Wildman–Crippen LogP) is 3.59. The van der Waals surface area contributed by atoms with Crippen LogP contribution in [0.25, 0.3) is 11.4 Å². The fourth-order valence-electron chi connectivity index (χ4n) is 4.42. The minimum atomic E-state index is -3.72. The van der Waals surface area contributed by atoms with Gasteiger partial charge < -0.3 is 14.6 Å². The van der Waals surface area contributed by atoms with Gasteiger partial charge in [0.2, 0.25) is 27.6 Å². The number of carbonyl (C=O) groups excluding carboxylic acids is 1. The third-order valence-corrected chi connectivity index (χ3v) is 7.88. The van der Waals surface area contributed by atoms with Crippen molar-refractivity contribution < 1.29 is 22.5 Å². The normalized spacial score (nSPS) is 16.6. The van der Waals surface area contributed by atoms with Crippen LogP contribution in [0.15, 0.2) is 51.9 Å². The Labute approximate surface area is 217 Å². The summed E-state index contributed by atoms with van der Waals surface area (Å²) in [6, 6.07) is 12.0. The van der Waals surface area contributed by atoms with E-state index in [0.717, 1.165) is 30.5 Å². The molecule has 3 aromatic rings. The van der Waals surface area contributed by atoms with Crippen molar-refractivity contribution in [2.75, 3.05) is 25.5 Å². The monoisotopic (exact) mass is 527 g/mol. The van der Waals surface area contributed by atoms with E-state index in [4.69, 9.17) is 9.26 Å². The number of ether oxygens (including phenoxy) is 1. The van der Waals surface area contributed by atoms with E-state index in [1.165, 1.54) is 19.2 Å².